The molecule has 25 heavy (non-hydrogen) atoms. The second-order valence-electron chi connectivity index (χ2n) is 6.38. The van der Waals surface area contributed by atoms with E-state index in [1.54, 1.807) is 32.9 Å². The minimum atomic E-state index is -0.865. The van der Waals surface area contributed by atoms with Gasteiger partial charge in [-0.1, -0.05) is 30.3 Å². The fourth-order valence-electron chi connectivity index (χ4n) is 1.84. The molecule has 3 amide bonds. The number of carbonyl (C=O) groups excluding carboxylic acids is 3. The maximum Gasteiger partial charge on any atom is 0.426 e. The van der Waals surface area contributed by atoms with Crippen molar-refractivity contribution in [2.75, 3.05) is 7.11 Å². The minimum Gasteiger partial charge on any atom is -0.467 e. The number of hydrazine groups is 1. The number of methoxy groups -OCH3 is 1. The second kappa shape index (κ2) is 8.91. The maximum atomic E-state index is 12.4. The van der Waals surface area contributed by atoms with Gasteiger partial charge >= 0.3 is 18.1 Å². The van der Waals surface area contributed by atoms with Crippen LogP contribution >= 0.6 is 0 Å². The first-order valence-electron chi connectivity index (χ1n) is 7.82. The molecular weight excluding hydrogens is 326 g/mol. The van der Waals surface area contributed by atoms with E-state index in [9.17, 15) is 14.4 Å². The van der Waals surface area contributed by atoms with Crippen LogP contribution in [0, 0.1) is 0 Å². The molecule has 0 radical (unpaired) electrons. The highest BCUT2D eigenvalue weighted by molar-refractivity contribution is 5.84. The molecule has 0 aromatic heterocycles. The normalized spacial score (nSPS) is 11.9. The molecule has 0 saturated heterocycles. The maximum absolute atomic E-state index is 12.4. The van der Waals surface area contributed by atoms with Crippen molar-refractivity contribution in [1.29, 1.82) is 0 Å². The van der Waals surface area contributed by atoms with Crippen LogP contribution in [0.2, 0.25) is 0 Å². The number of hydrogen-bond donors (Lipinski definition) is 2. The molecule has 0 aliphatic carbocycles. The van der Waals surface area contributed by atoms with Gasteiger partial charge in [0.1, 0.15) is 11.6 Å². The molecule has 1 aromatic rings. The second-order valence-corrected chi connectivity index (χ2v) is 6.38. The van der Waals surface area contributed by atoms with E-state index in [-0.39, 0.29) is 6.54 Å². The molecule has 8 heteroatoms. The van der Waals surface area contributed by atoms with E-state index in [4.69, 9.17) is 4.74 Å². The molecule has 0 saturated carbocycles. The summed E-state index contributed by atoms with van der Waals surface area (Å²) in [6.45, 7) is 6.73. The van der Waals surface area contributed by atoms with Crippen LogP contribution in [0.5, 0.6) is 0 Å². The van der Waals surface area contributed by atoms with E-state index in [0.717, 1.165) is 10.6 Å². The molecule has 1 aromatic carbocycles. The van der Waals surface area contributed by atoms with Gasteiger partial charge in [0.25, 0.3) is 0 Å². The number of hydrogen-bond acceptors (Lipinski definition) is 5. The Balaban J connectivity index is 2.84. The zero-order valence-corrected chi connectivity index (χ0v) is 15.2. The van der Waals surface area contributed by atoms with Crippen molar-refractivity contribution in [1.82, 2.24) is 15.8 Å². The van der Waals surface area contributed by atoms with Gasteiger partial charge in [-0.25, -0.2) is 24.8 Å². The van der Waals surface area contributed by atoms with Crippen molar-refractivity contribution >= 4 is 18.1 Å². The van der Waals surface area contributed by atoms with E-state index in [0.29, 0.717) is 0 Å². The number of benzene rings is 1. The van der Waals surface area contributed by atoms with Crippen LogP contribution < -0.4 is 10.7 Å². The third-order valence-electron chi connectivity index (χ3n) is 2.95. The molecule has 8 nitrogen and oxygen atoms in total. The first-order valence-corrected chi connectivity index (χ1v) is 7.82. The predicted molar refractivity (Wildman–Crippen MR) is 91.4 cm³/mol. The Labute approximate surface area is 147 Å². The van der Waals surface area contributed by atoms with E-state index in [1.807, 2.05) is 18.2 Å². The average molecular weight is 351 g/mol. The third-order valence-corrected chi connectivity index (χ3v) is 2.95. The highest BCUT2D eigenvalue weighted by atomic mass is 16.6. The van der Waals surface area contributed by atoms with Gasteiger partial charge in [0, 0.05) is 0 Å². The van der Waals surface area contributed by atoms with Crippen LogP contribution in [0.4, 0.5) is 9.59 Å². The first kappa shape index (κ1) is 20.3. The third kappa shape index (κ3) is 7.56. The molecule has 0 bridgehead atoms. The van der Waals surface area contributed by atoms with Gasteiger partial charge in [0.2, 0.25) is 0 Å². The number of esters is 1. The quantitative estimate of drug-likeness (QED) is 0.640. The van der Waals surface area contributed by atoms with Gasteiger partial charge in [0.05, 0.1) is 13.7 Å². The zero-order chi connectivity index (χ0) is 19.0. The van der Waals surface area contributed by atoms with Crippen molar-refractivity contribution in [2.24, 2.45) is 0 Å². The molecule has 0 unspecified atom stereocenters. The summed E-state index contributed by atoms with van der Waals surface area (Å²) < 4.78 is 9.74. The van der Waals surface area contributed by atoms with Crippen molar-refractivity contribution in [3.8, 4) is 0 Å². The molecule has 0 spiro atoms. The van der Waals surface area contributed by atoms with E-state index in [1.165, 1.54) is 14.0 Å². The van der Waals surface area contributed by atoms with Crippen LogP contribution in [-0.4, -0.2) is 41.9 Å². The monoisotopic (exact) mass is 351 g/mol. The summed E-state index contributed by atoms with van der Waals surface area (Å²) in [7, 11) is 1.23. The molecule has 0 heterocycles. The Bertz CT molecular complexity index is 598. The Morgan fingerprint density at radius 3 is 2.28 bits per heavy atom. The zero-order valence-electron chi connectivity index (χ0n) is 15.2. The van der Waals surface area contributed by atoms with Gasteiger partial charge < -0.3 is 14.8 Å². The summed E-state index contributed by atoms with van der Waals surface area (Å²) in [5.41, 5.74) is 2.47. The molecule has 1 rings (SSSR count). The lowest BCUT2D eigenvalue weighted by molar-refractivity contribution is -0.142. The van der Waals surface area contributed by atoms with Crippen LogP contribution in [-0.2, 0) is 20.8 Å². The Morgan fingerprint density at radius 1 is 1.16 bits per heavy atom. The topological polar surface area (TPSA) is 97.0 Å². The highest BCUT2D eigenvalue weighted by Crippen LogP contribution is 2.08. The molecule has 2 N–H and O–H groups in total. The van der Waals surface area contributed by atoms with Crippen molar-refractivity contribution in [3.05, 3.63) is 35.9 Å². The highest BCUT2D eigenvalue weighted by Gasteiger charge is 2.24. The lowest BCUT2D eigenvalue weighted by Gasteiger charge is -2.27. The van der Waals surface area contributed by atoms with Gasteiger partial charge in [-0.2, -0.15) is 0 Å². The molecule has 1 atom stereocenters. The van der Waals surface area contributed by atoms with E-state index in [2.05, 4.69) is 15.5 Å². The largest absolute Gasteiger partial charge is 0.467 e. The fourth-order valence-corrected chi connectivity index (χ4v) is 1.84. The minimum absolute atomic E-state index is 0.0970. The smallest absolute Gasteiger partial charge is 0.426 e. The SMILES string of the molecule is COC(=O)[C@H](C)NC(=O)N(Cc1ccccc1)NC(=O)OC(C)(C)C. The number of carbonyl (C=O) groups is 3. The van der Waals surface area contributed by atoms with Gasteiger partial charge in [-0.05, 0) is 33.3 Å². The van der Waals surface area contributed by atoms with Crippen LogP contribution in [0.15, 0.2) is 30.3 Å². The Morgan fingerprint density at radius 2 is 1.76 bits per heavy atom. The number of amides is 3. The summed E-state index contributed by atoms with van der Waals surface area (Å²) in [5.74, 6) is -0.592. The fraction of sp³-hybridized carbons (Fsp3) is 0.471. The Hall–Kier alpha value is -2.77. The number of nitrogens with one attached hydrogen (secondary N) is 2. The van der Waals surface area contributed by atoms with Crippen molar-refractivity contribution in [3.63, 3.8) is 0 Å². The number of nitrogens with zero attached hydrogens (tertiary/aromatic N) is 1. The average Bonchev–Trinajstić information content (AvgIpc) is 2.52. The van der Waals surface area contributed by atoms with Crippen molar-refractivity contribution < 1.29 is 23.9 Å². The van der Waals surface area contributed by atoms with E-state index >= 15 is 0 Å². The van der Waals surface area contributed by atoms with Crippen LogP contribution in [0.1, 0.15) is 33.3 Å². The lowest BCUT2D eigenvalue weighted by atomic mass is 10.2. The van der Waals surface area contributed by atoms with Crippen LogP contribution in [0.3, 0.4) is 0 Å². The van der Waals surface area contributed by atoms with E-state index < -0.39 is 29.7 Å². The number of rotatable bonds is 4. The van der Waals surface area contributed by atoms with Gasteiger partial charge in [0.15, 0.2) is 0 Å². The number of ether oxygens (including phenoxy) is 2. The van der Waals surface area contributed by atoms with Crippen molar-refractivity contribution in [2.45, 2.75) is 45.9 Å². The molecule has 0 aliphatic rings. The summed E-state index contributed by atoms with van der Waals surface area (Å²) >= 11 is 0. The molecule has 0 fully saturated rings. The van der Waals surface area contributed by atoms with Gasteiger partial charge in [-0.15, -0.1) is 0 Å². The molecule has 138 valence electrons. The summed E-state index contributed by atoms with van der Waals surface area (Å²) in [5, 5.41) is 3.51. The summed E-state index contributed by atoms with van der Waals surface area (Å²) in [4.78, 5) is 35.9. The standard InChI is InChI=1S/C17H25N3O5/c1-12(14(21)24-5)18-15(22)20(11-13-9-7-6-8-10-13)19-16(23)25-17(2,3)4/h6-10,12H,11H2,1-5H3,(H,18,22)(H,19,23)/t12-/m0/s1. The summed E-state index contributed by atoms with van der Waals surface area (Å²) in [6, 6.07) is 7.56. The van der Waals surface area contributed by atoms with Crippen LogP contribution in [0.25, 0.3) is 0 Å². The first-order chi connectivity index (χ1) is 11.6. The van der Waals surface area contributed by atoms with Gasteiger partial charge in [-0.3, -0.25) is 0 Å². The summed E-state index contributed by atoms with van der Waals surface area (Å²) in [6.07, 6.45) is -0.774. The predicted octanol–water partition coefficient (Wildman–Crippen LogP) is 2.20. The Kier molecular flexibility index (Phi) is 7.22. The lowest BCUT2D eigenvalue weighted by Crippen LogP contribution is -2.54. The number of urea groups is 1. The molecule has 0 aliphatic heterocycles. The molecular formula is C17H25N3O5.